The van der Waals surface area contributed by atoms with Crippen molar-refractivity contribution in [3.63, 3.8) is 0 Å². The maximum absolute atomic E-state index is 2.40. The Kier molecular flexibility index (Phi) is 7.44. The first-order valence-corrected chi connectivity index (χ1v) is 17.3. The Labute approximate surface area is 294 Å². The van der Waals surface area contributed by atoms with Gasteiger partial charge in [0.05, 0.1) is 5.41 Å². The van der Waals surface area contributed by atoms with E-state index in [9.17, 15) is 0 Å². The zero-order valence-electron chi connectivity index (χ0n) is 27.7. The number of hydrogen-bond acceptors (Lipinski definition) is 1. The van der Waals surface area contributed by atoms with E-state index in [1.165, 1.54) is 55.6 Å². The van der Waals surface area contributed by atoms with Gasteiger partial charge in [-0.05, 0) is 98.1 Å². The van der Waals surface area contributed by atoms with Crippen molar-refractivity contribution in [1.82, 2.24) is 0 Å². The van der Waals surface area contributed by atoms with E-state index in [0.717, 1.165) is 17.1 Å². The number of fused-ring (bicyclic) bond motifs is 3. The lowest BCUT2D eigenvalue weighted by Gasteiger charge is -2.33. The van der Waals surface area contributed by atoms with Gasteiger partial charge in [-0.2, -0.15) is 0 Å². The van der Waals surface area contributed by atoms with Gasteiger partial charge in [-0.25, -0.2) is 0 Å². The predicted octanol–water partition coefficient (Wildman–Crippen LogP) is 12.9. The summed E-state index contributed by atoms with van der Waals surface area (Å²) in [7, 11) is 0. The first-order valence-electron chi connectivity index (χ1n) is 17.3. The van der Waals surface area contributed by atoms with Crippen LogP contribution in [0.2, 0.25) is 0 Å². The van der Waals surface area contributed by atoms with Crippen molar-refractivity contribution < 1.29 is 0 Å². The van der Waals surface area contributed by atoms with Crippen LogP contribution in [0.1, 0.15) is 22.3 Å². The highest BCUT2D eigenvalue weighted by Gasteiger charge is 2.45. The van der Waals surface area contributed by atoms with Gasteiger partial charge < -0.3 is 4.90 Å². The van der Waals surface area contributed by atoms with Gasteiger partial charge in [0.2, 0.25) is 0 Å². The highest BCUT2D eigenvalue weighted by Crippen LogP contribution is 2.56. The van der Waals surface area contributed by atoms with Gasteiger partial charge in [0.15, 0.2) is 0 Å². The monoisotopic (exact) mass is 637 g/mol. The molecule has 0 aliphatic heterocycles. The molecular weight excluding hydrogens is 603 g/mol. The van der Waals surface area contributed by atoms with Gasteiger partial charge >= 0.3 is 0 Å². The van der Waals surface area contributed by atoms with E-state index < -0.39 is 0 Å². The fourth-order valence-corrected chi connectivity index (χ4v) is 7.89. The lowest BCUT2D eigenvalue weighted by atomic mass is 9.67. The zero-order valence-corrected chi connectivity index (χ0v) is 27.7. The van der Waals surface area contributed by atoms with Crippen molar-refractivity contribution in [2.45, 2.75) is 5.41 Å². The molecule has 0 atom stereocenters. The van der Waals surface area contributed by atoms with Crippen molar-refractivity contribution in [2.75, 3.05) is 4.90 Å². The van der Waals surface area contributed by atoms with Gasteiger partial charge in [0, 0.05) is 17.1 Å². The second-order valence-corrected chi connectivity index (χ2v) is 12.9. The van der Waals surface area contributed by atoms with Crippen LogP contribution >= 0.6 is 0 Å². The van der Waals surface area contributed by atoms with E-state index in [1.54, 1.807) is 0 Å². The smallest absolute Gasteiger partial charge is 0.0713 e. The molecule has 0 heterocycles. The molecule has 0 radical (unpaired) electrons. The summed E-state index contributed by atoms with van der Waals surface area (Å²) in [6.07, 6.45) is 0. The molecule has 50 heavy (non-hydrogen) atoms. The molecule has 0 amide bonds. The molecule has 0 bridgehead atoms. The van der Waals surface area contributed by atoms with E-state index in [-0.39, 0.29) is 5.41 Å². The molecule has 0 fully saturated rings. The molecule has 1 heteroatoms. The topological polar surface area (TPSA) is 3.24 Å². The molecule has 0 aromatic heterocycles. The predicted molar refractivity (Wildman–Crippen MR) is 209 cm³/mol. The van der Waals surface area contributed by atoms with Crippen molar-refractivity contribution in [2.24, 2.45) is 0 Å². The number of anilines is 3. The van der Waals surface area contributed by atoms with Gasteiger partial charge in [-0.1, -0.05) is 170 Å². The lowest BCUT2D eigenvalue weighted by molar-refractivity contribution is 0.768. The van der Waals surface area contributed by atoms with Crippen LogP contribution in [-0.4, -0.2) is 0 Å². The zero-order chi connectivity index (χ0) is 33.3. The van der Waals surface area contributed by atoms with Gasteiger partial charge in [-0.15, -0.1) is 0 Å². The molecule has 236 valence electrons. The summed E-state index contributed by atoms with van der Waals surface area (Å²) in [5.74, 6) is 0. The van der Waals surface area contributed by atoms with Crippen LogP contribution in [0.3, 0.4) is 0 Å². The summed E-state index contributed by atoms with van der Waals surface area (Å²) >= 11 is 0. The molecule has 1 nitrogen and oxygen atoms in total. The Morgan fingerprint density at radius 2 is 0.660 bits per heavy atom. The lowest BCUT2D eigenvalue weighted by Crippen LogP contribution is -2.28. The van der Waals surface area contributed by atoms with Crippen molar-refractivity contribution >= 4 is 17.1 Å². The summed E-state index contributed by atoms with van der Waals surface area (Å²) < 4.78 is 0. The van der Waals surface area contributed by atoms with Crippen LogP contribution < -0.4 is 4.90 Å². The molecule has 1 aliphatic carbocycles. The fraction of sp³-hybridized carbons (Fsp3) is 0.0204. The summed E-state index contributed by atoms with van der Waals surface area (Å²) in [4.78, 5) is 2.29. The van der Waals surface area contributed by atoms with Crippen LogP contribution in [0.4, 0.5) is 17.1 Å². The maximum atomic E-state index is 2.40. The minimum Gasteiger partial charge on any atom is -0.311 e. The number of para-hydroxylation sites is 2. The highest BCUT2D eigenvalue weighted by atomic mass is 15.1. The second-order valence-electron chi connectivity index (χ2n) is 12.9. The average Bonchev–Trinajstić information content (AvgIpc) is 3.50. The molecule has 0 N–H and O–H groups in total. The van der Waals surface area contributed by atoms with Gasteiger partial charge in [0.25, 0.3) is 0 Å². The van der Waals surface area contributed by atoms with Crippen molar-refractivity contribution in [1.29, 1.82) is 0 Å². The second kappa shape index (κ2) is 12.5. The average molecular weight is 638 g/mol. The molecular formula is C49H35N. The van der Waals surface area contributed by atoms with Crippen molar-refractivity contribution in [3.8, 4) is 33.4 Å². The van der Waals surface area contributed by atoms with Crippen LogP contribution in [0.15, 0.2) is 212 Å². The maximum Gasteiger partial charge on any atom is 0.0713 e. The molecule has 0 saturated carbocycles. The SMILES string of the molecule is c1ccc(N(c2ccccc2)c2ccc(-c3ccc(-c4ccc5c(c4)-c4ccccc4C5(c4ccccc4)c4ccccc4)cc3)cc2)cc1. The third-order valence-corrected chi connectivity index (χ3v) is 10.2. The standard InChI is InChI=1S/C49H35N/c1-5-15-40(16-6-1)49(41-17-7-2-8-18-41)47-24-14-13-23-45(47)46-35-39(31-34-48(46)49)38-27-25-36(26-28-38)37-29-32-44(33-30-37)50(42-19-9-3-10-20-42)43-21-11-4-12-22-43/h1-35H. The van der Waals surface area contributed by atoms with E-state index in [2.05, 4.69) is 217 Å². The quantitative estimate of drug-likeness (QED) is 0.168. The summed E-state index contributed by atoms with van der Waals surface area (Å²) in [6, 6.07) is 76.9. The Morgan fingerprint density at radius 3 is 1.20 bits per heavy atom. The molecule has 0 unspecified atom stereocenters. The Bertz CT molecular complexity index is 2300. The minimum absolute atomic E-state index is 0.375. The van der Waals surface area contributed by atoms with Gasteiger partial charge in [0.1, 0.15) is 0 Å². The summed E-state index contributed by atoms with van der Waals surface area (Å²) in [6.45, 7) is 0. The van der Waals surface area contributed by atoms with Crippen LogP contribution in [0, 0.1) is 0 Å². The third-order valence-electron chi connectivity index (χ3n) is 10.2. The number of benzene rings is 8. The van der Waals surface area contributed by atoms with E-state index in [0.29, 0.717) is 0 Å². The first kappa shape index (κ1) is 29.7. The van der Waals surface area contributed by atoms with Crippen LogP contribution in [-0.2, 0) is 5.41 Å². The normalized spacial score (nSPS) is 12.6. The van der Waals surface area contributed by atoms with E-state index in [1.807, 2.05) is 0 Å². The fourth-order valence-electron chi connectivity index (χ4n) is 7.89. The molecule has 8 aromatic carbocycles. The molecule has 0 saturated heterocycles. The highest BCUT2D eigenvalue weighted by molar-refractivity contribution is 5.89. The molecule has 0 spiro atoms. The Balaban J connectivity index is 1.07. The van der Waals surface area contributed by atoms with Crippen LogP contribution in [0.25, 0.3) is 33.4 Å². The summed E-state index contributed by atoms with van der Waals surface area (Å²) in [5.41, 5.74) is 15.7. The molecule has 1 aliphatic rings. The largest absolute Gasteiger partial charge is 0.311 e. The van der Waals surface area contributed by atoms with Crippen LogP contribution in [0.5, 0.6) is 0 Å². The number of rotatable bonds is 7. The van der Waals surface area contributed by atoms with E-state index in [4.69, 9.17) is 0 Å². The summed E-state index contributed by atoms with van der Waals surface area (Å²) in [5, 5.41) is 0. The Morgan fingerprint density at radius 1 is 0.280 bits per heavy atom. The molecule has 9 rings (SSSR count). The Hall–Kier alpha value is -6.44. The first-order chi connectivity index (χ1) is 24.8. The minimum atomic E-state index is -0.375. The van der Waals surface area contributed by atoms with Crippen molar-refractivity contribution in [3.05, 3.63) is 235 Å². The molecule has 8 aromatic rings. The van der Waals surface area contributed by atoms with E-state index >= 15 is 0 Å². The number of hydrogen-bond donors (Lipinski definition) is 0. The van der Waals surface area contributed by atoms with Gasteiger partial charge in [-0.3, -0.25) is 0 Å². The third kappa shape index (κ3) is 4.95. The number of nitrogens with zero attached hydrogens (tertiary/aromatic N) is 1.